The maximum atomic E-state index is 12.0. The highest BCUT2D eigenvalue weighted by atomic mass is 32.2. The molecule has 0 unspecified atom stereocenters. The van der Waals surface area contributed by atoms with Crippen LogP contribution in [0.4, 0.5) is 5.69 Å². The fourth-order valence-corrected chi connectivity index (χ4v) is 2.75. The Hall–Kier alpha value is -1.62. The number of anilines is 1. The average Bonchev–Trinajstić information content (AvgIpc) is 2.33. The van der Waals surface area contributed by atoms with Crippen LogP contribution in [-0.2, 0) is 15.6 Å². The highest BCUT2D eigenvalue weighted by molar-refractivity contribution is 7.91. The third-order valence-electron chi connectivity index (χ3n) is 2.96. The maximum absolute atomic E-state index is 12.0. The quantitative estimate of drug-likeness (QED) is 0.862. The third-order valence-corrected chi connectivity index (χ3v) is 5.11. The molecule has 5 heteroatoms. The summed E-state index contributed by atoms with van der Waals surface area (Å²) in [6.07, 6.45) is 1.65. The Bertz CT molecular complexity index is 678. The first kappa shape index (κ1) is 12.8. The molecular weight excluding hydrogens is 248 g/mol. The topological polar surface area (TPSA) is 73.0 Å². The van der Waals surface area contributed by atoms with Crippen molar-refractivity contribution in [3.05, 3.63) is 36.0 Å². The zero-order chi connectivity index (χ0) is 13.3. The van der Waals surface area contributed by atoms with Gasteiger partial charge in [0.25, 0.3) is 0 Å². The molecule has 0 spiro atoms. The number of rotatable bonds is 3. The maximum Gasteiger partial charge on any atom is 0.156 e. The summed E-state index contributed by atoms with van der Waals surface area (Å²) in [5.41, 5.74) is 7.84. The number of hydrogen-bond donors (Lipinski definition) is 1. The van der Waals surface area contributed by atoms with Crippen molar-refractivity contribution in [2.45, 2.75) is 24.9 Å². The first-order valence-electron chi connectivity index (χ1n) is 5.75. The number of aromatic nitrogens is 1. The molecule has 2 N–H and O–H groups in total. The van der Waals surface area contributed by atoms with Gasteiger partial charge in [-0.3, -0.25) is 4.98 Å². The van der Waals surface area contributed by atoms with Gasteiger partial charge in [-0.2, -0.15) is 0 Å². The lowest BCUT2D eigenvalue weighted by Crippen LogP contribution is -2.16. The number of nitrogens with zero attached hydrogens (tertiary/aromatic N) is 1. The van der Waals surface area contributed by atoms with Gasteiger partial charge < -0.3 is 5.73 Å². The number of nitrogen functional groups attached to an aromatic ring is 1. The molecule has 0 saturated carbocycles. The first-order valence-corrected chi connectivity index (χ1v) is 7.47. The van der Waals surface area contributed by atoms with Crippen molar-refractivity contribution in [1.82, 2.24) is 4.98 Å². The minimum absolute atomic E-state index is 0.00153. The van der Waals surface area contributed by atoms with E-state index in [-0.39, 0.29) is 5.75 Å². The molecule has 2 rings (SSSR count). The van der Waals surface area contributed by atoms with E-state index < -0.39 is 15.1 Å². The van der Waals surface area contributed by atoms with Crippen molar-refractivity contribution < 1.29 is 8.42 Å². The van der Waals surface area contributed by atoms with Crippen molar-refractivity contribution in [3.63, 3.8) is 0 Å². The second-order valence-electron chi connectivity index (χ2n) is 4.57. The Kier molecular flexibility index (Phi) is 3.26. The van der Waals surface area contributed by atoms with Crippen molar-refractivity contribution >= 4 is 26.4 Å². The second kappa shape index (κ2) is 4.57. The van der Waals surface area contributed by atoms with E-state index in [1.165, 1.54) is 0 Å². The zero-order valence-corrected chi connectivity index (χ0v) is 11.2. The smallest absolute Gasteiger partial charge is 0.156 e. The second-order valence-corrected chi connectivity index (χ2v) is 7.13. The lowest BCUT2D eigenvalue weighted by Gasteiger charge is -2.10. The number of hydrogen-bond acceptors (Lipinski definition) is 4. The van der Waals surface area contributed by atoms with Crippen molar-refractivity contribution in [2.24, 2.45) is 0 Å². The number of nitrogens with two attached hydrogens (primary N) is 1. The molecular formula is C13H16N2O2S. The summed E-state index contributed by atoms with van der Waals surface area (Å²) >= 11 is 0. The van der Waals surface area contributed by atoms with E-state index in [1.54, 1.807) is 38.2 Å². The van der Waals surface area contributed by atoms with E-state index in [0.717, 1.165) is 5.39 Å². The van der Waals surface area contributed by atoms with Crippen LogP contribution < -0.4 is 5.73 Å². The Balaban J connectivity index is 2.57. The molecule has 96 valence electrons. The van der Waals surface area contributed by atoms with Gasteiger partial charge in [0.2, 0.25) is 0 Å². The van der Waals surface area contributed by atoms with Gasteiger partial charge >= 0.3 is 0 Å². The fourth-order valence-electron chi connectivity index (χ4n) is 1.75. The summed E-state index contributed by atoms with van der Waals surface area (Å²) in [6, 6.07) is 7.11. The molecule has 0 atom stereocenters. The van der Waals surface area contributed by atoms with Gasteiger partial charge in [0.05, 0.1) is 16.5 Å². The molecule has 0 aliphatic carbocycles. The van der Waals surface area contributed by atoms with Gasteiger partial charge in [0, 0.05) is 17.3 Å². The Morgan fingerprint density at radius 2 is 2.00 bits per heavy atom. The van der Waals surface area contributed by atoms with E-state index in [1.807, 2.05) is 6.07 Å². The highest BCUT2D eigenvalue weighted by Gasteiger charge is 2.18. The molecule has 4 nitrogen and oxygen atoms in total. The molecule has 0 aliphatic heterocycles. The molecule has 0 saturated heterocycles. The van der Waals surface area contributed by atoms with Gasteiger partial charge in [0.15, 0.2) is 9.84 Å². The molecule has 0 fully saturated rings. The minimum Gasteiger partial charge on any atom is -0.398 e. The summed E-state index contributed by atoms with van der Waals surface area (Å²) in [4.78, 5) is 4.24. The summed E-state index contributed by atoms with van der Waals surface area (Å²) in [6.45, 7) is 3.37. The Morgan fingerprint density at radius 1 is 1.28 bits per heavy atom. The van der Waals surface area contributed by atoms with Crippen molar-refractivity contribution in [3.8, 4) is 0 Å². The summed E-state index contributed by atoms with van der Waals surface area (Å²) in [7, 11) is -3.14. The Labute approximate surface area is 107 Å². The van der Waals surface area contributed by atoms with Crippen molar-refractivity contribution in [2.75, 3.05) is 5.73 Å². The largest absolute Gasteiger partial charge is 0.398 e. The van der Waals surface area contributed by atoms with Crippen LogP contribution >= 0.6 is 0 Å². The van der Waals surface area contributed by atoms with Gasteiger partial charge in [-0.25, -0.2) is 8.42 Å². The summed E-state index contributed by atoms with van der Waals surface area (Å²) in [5.74, 6) is -0.00153. The van der Waals surface area contributed by atoms with Gasteiger partial charge in [0.1, 0.15) is 0 Å². The monoisotopic (exact) mass is 264 g/mol. The van der Waals surface area contributed by atoms with E-state index >= 15 is 0 Å². The standard InChI is InChI=1S/C13H16N2O2S/c1-9(2)18(16,17)8-10-5-6-12(14)11-4-3-7-15-13(10)11/h3-7,9H,8,14H2,1-2H3. The minimum atomic E-state index is -3.14. The lowest BCUT2D eigenvalue weighted by atomic mass is 10.1. The Morgan fingerprint density at radius 3 is 2.67 bits per heavy atom. The van der Waals surface area contributed by atoms with E-state index in [0.29, 0.717) is 16.8 Å². The molecule has 0 amide bonds. The van der Waals surface area contributed by atoms with Gasteiger partial charge in [-0.15, -0.1) is 0 Å². The summed E-state index contributed by atoms with van der Waals surface area (Å²) < 4.78 is 23.9. The highest BCUT2D eigenvalue weighted by Crippen LogP contribution is 2.24. The molecule has 2 aromatic rings. The zero-order valence-electron chi connectivity index (χ0n) is 10.4. The first-order chi connectivity index (χ1) is 8.42. The van der Waals surface area contributed by atoms with Crippen LogP contribution in [0.5, 0.6) is 0 Å². The van der Waals surface area contributed by atoms with Crippen LogP contribution in [0.2, 0.25) is 0 Å². The van der Waals surface area contributed by atoms with E-state index in [4.69, 9.17) is 5.73 Å². The molecule has 0 bridgehead atoms. The van der Waals surface area contributed by atoms with Crippen LogP contribution in [0.3, 0.4) is 0 Å². The van der Waals surface area contributed by atoms with Crippen LogP contribution in [0.15, 0.2) is 30.5 Å². The van der Waals surface area contributed by atoms with Crippen molar-refractivity contribution in [1.29, 1.82) is 0 Å². The lowest BCUT2D eigenvalue weighted by molar-refractivity contribution is 0.586. The fraction of sp³-hybridized carbons (Fsp3) is 0.308. The normalized spacial score (nSPS) is 12.2. The van der Waals surface area contributed by atoms with Gasteiger partial charge in [-0.05, 0) is 37.6 Å². The third kappa shape index (κ3) is 2.31. The number of fused-ring (bicyclic) bond motifs is 1. The molecule has 18 heavy (non-hydrogen) atoms. The SMILES string of the molecule is CC(C)S(=O)(=O)Cc1ccc(N)c2cccnc12. The predicted octanol–water partition coefficient (Wildman–Crippen LogP) is 2.14. The molecule has 0 aliphatic rings. The van der Waals surface area contributed by atoms with Crippen LogP contribution in [0.25, 0.3) is 10.9 Å². The van der Waals surface area contributed by atoms with Crippen LogP contribution in [-0.4, -0.2) is 18.7 Å². The molecule has 0 radical (unpaired) electrons. The number of pyridine rings is 1. The molecule has 1 heterocycles. The average molecular weight is 264 g/mol. The number of sulfone groups is 1. The number of benzene rings is 1. The molecule has 1 aromatic heterocycles. The van der Waals surface area contributed by atoms with Crippen LogP contribution in [0.1, 0.15) is 19.4 Å². The molecule has 1 aromatic carbocycles. The predicted molar refractivity (Wildman–Crippen MR) is 73.9 cm³/mol. The van der Waals surface area contributed by atoms with E-state index in [2.05, 4.69) is 4.98 Å². The van der Waals surface area contributed by atoms with Gasteiger partial charge in [-0.1, -0.05) is 6.07 Å². The van der Waals surface area contributed by atoms with Crippen LogP contribution in [0, 0.1) is 0 Å². The summed E-state index contributed by atoms with van der Waals surface area (Å²) in [5, 5.41) is 0.405. The van der Waals surface area contributed by atoms with E-state index in [9.17, 15) is 8.42 Å².